The summed E-state index contributed by atoms with van der Waals surface area (Å²) in [7, 11) is 0. The first-order chi connectivity index (χ1) is 9.68. The van der Waals surface area contributed by atoms with Gasteiger partial charge in [-0.25, -0.2) is 4.79 Å². The lowest BCUT2D eigenvalue weighted by atomic mass is 9.78. The van der Waals surface area contributed by atoms with E-state index in [4.69, 9.17) is 5.11 Å². The number of likely N-dealkylation sites (tertiary alicyclic amines) is 1. The van der Waals surface area contributed by atoms with Crippen molar-refractivity contribution in [3.8, 4) is 0 Å². The third kappa shape index (κ3) is 4.12. The molecule has 5 nitrogen and oxygen atoms in total. The average Bonchev–Trinajstić information content (AvgIpc) is 2.45. The van der Waals surface area contributed by atoms with Gasteiger partial charge in [-0.3, -0.25) is 4.79 Å². The smallest absolute Gasteiger partial charge is 0.317 e. The normalized spacial score (nSPS) is 25.9. The van der Waals surface area contributed by atoms with E-state index in [9.17, 15) is 9.59 Å². The van der Waals surface area contributed by atoms with Crippen molar-refractivity contribution in [1.82, 2.24) is 10.2 Å². The van der Waals surface area contributed by atoms with E-state index in [-0.39, 0.29) is 12.5 Å². The third-order valence-corrected chi connectivity index (χ3v) is 4.60. The van der Waals surface area contributed by atoms with Gasteiger partial charge in [0.15, 0.2) is 0 Å². The second-order valence-electron chi connectivity index (χ2n) is 6.03. The number of urea groups is 1. The maximum atomic E-state index is 12.2. The van der Waals surface area contributed by atoms with Crippen LogP contribution < -0.4 is 5.32 Å². The molecular formula is C15H26N2O3. The molecule has 0 bridgehead atoms. The molecule has 1 aliphatic heterocycles. The van der Waals surface area contributed by atoms with Crippen molar-refractivity contribution in [1.29, 1.82) is 0 Å². The Hall–Kier alpha value is -1.26. The quantitative estimate of drug-likeness (QED) is 0.761. The largest absolute Gasteiger partial charge is 0.481 e. The Morgan fingerprint density at radius 2 is 1.85 bits per heavy atom. The fraction of sp³-hybridized carbons (Fsp3) is 0.867. The van der Waals surface area contributed by atoms with Gasteiger partial charge in [-0.15, -0.1) is 0 Å². The Bertz CT molecular complexity index is 344. The molecule has 1 heterocycles. The summed E-state index contributed by atoms with van der Waals surface area (Å²) in [5, 5.41) is 11.5. The summed E-state index contributed by atoms with van der Waals surface area (Å²) < 4.78 is 0. The standard InChI is InChI=1S/C15H26N2O3/c18-14(19)9-3-4-10-16-15(20)17-11-5-7-12-6-1-2-8-13(12)17/h12-13H,1-11H2,(H,16,20)(H,18,19). The molecule has 5 heteroatoms. The minimum absolute atomic E-state index is 0.0527. The molecule has 0 aromatic carbocycles. The number of hydrogen-bond donors (Lipinski definition) is 2. The minimum Gasteiger partial charge on any atom is -0.481 e. The Morgan fingerprint density at radius 3 is 2.65 bits per heavy atom. The number of carboxylic acid groups (broad SMARTS) is 1. The van der Waals surface area contributed by atoms with Crippen LogP contribution in [0.4, 0.5) is 4.79 Å². The Morgan fingerprint density at radius 1 is 1.10 bits per heavy atom. The molecule has 0 spiro atoms. The van der Waals surface area contributed by atoms with Gasteiger partial charge in [0.1, 0.15) is 0 Å². The molecule has 0 aromatic heterocycles. The van der Waals surface area contributed by atoms with Gasteiger partial charge >= 0.3 is 12.0 Å². The van der Waals surface area contributed by atoms with Crippen LogP contribution in [0, 0.1) is 5.92 Å². The molecule has 2 unspecified atom stereocenters. The summed E-state index contributed by atoms with van der Waals surface area (Å²) in [6.07, 6.45) is 8.91. The number of carbonyl (C=O) groups excluding carboxylic acids is 1. The Labute approximate surface area is 120 Å². The molecule has 2 atom stereocenters. The number of piperidine rings is 1. The van der Waals surface area contributed by atoms with Crippen LogP contribution in [0.3, 0.4) is 0 Å². The van der Waals surface area contributed by atoms with E-state index in [0.717, 1.165) is 25.8 Å². The second-order valence-corrected chi connectivity index (χ2v) is 6.03. The lowest BCUT2D eigenvalue weighted by molar-refractivity contribution is -0.137. The summed E-state index contributed by atoms with van der Waals surface area (Å²) in [6.45, 7) is 1.46. The number of fused-ring (bicyclic) bond motifs is 1. The highest BCUT2D eigenvalue weighted by Gasteiger charge is 2.35. The van der Waals surface area contributed by atoms with Gasteiger partial charge in [-0.2, -0.15) is 0 Å². The van der Waals surface area contributed by atoms with Gasteiger partial charge in [0, 0.05) is 25.6 Å². The lowest BCUT2D eigenvalue weighted by Crippen LogP contribution is -2.53. The van der Waals surface area contributed by atoms with Crippen LogP contribution in [0.5, 0.6) is 0 Å². The van der Waals surface area contributed by atoms with Crippen molar-refractivity contribution < 1.29 is 14.7 Å². The second kappa shape index (κ2) is 7.50. The number of hydrogen-bond acceptors (Lipinski definition) is 2. The monoisotopic (exact) mass is 282 g/mol. The molecular weight excluding hydrogens is 256 g/mol. The summed E-state index contributed by atoms with van der Waals surface area (Å²) in [4.78, 5) is 24.7. The highest BCUT2D eigenvalue weighted by molar-refractivity contribution is 5.74. The van der Waals surface area contributed by atoms with Crippen LogP contribution in [0.1, 0.15) is 57.8 Å². The van der Waals surface area contributed by atoms with Crippen LogP contribution in [-0.2, 0) is 4.79 Å². The maximum Gasteiger partial charge on any atom is 0.317 e. The Balaban J connectivity index is 1.72. The Kier molecular flexibility index (Phi) is 5.68. The van der Waals surface area contributed by atoms with Gasteiger partial charge in [0.2, 0.25) is 0 Å². The summed E-state index contributed by atoms with van der Waals surface area (Å²) in [5.41, 5.74) is 0. The molecule has 2 rings (SSSR count). The number of nitrogens with zero attached hydrogens (tertiary/aromatic N) is 1. The molecule has 2 aliphatic rings. The number of carboxylic acids is 1. The van der Waals surface area contributed by atoms with E-state index in [2.05, 4.69) is 5.32 Å². The summed E-state index contributed by atoms with van der Waals surface area (Å²) >= 11 is 0. The first kappa shape index (κ1) is 15.1. The number of rotatable bonds is 5. The zero-order chi connectivity index (χ0) is 14.4. The van der Waals surface area contributed by atoms with Crippen LogP contribution in [0.25, 0.3) is 0 Å². The number of nitrogens with one attached hydrogen (secondary N) is 1. The molecule has 2 N–H and O–H groups in total. The first-order valence-corrected chi connectivity index (χ1v) is 7.95. The van der Waals surface area contributed by atoms with E-state index in [1.807, 2.05) is 4.90 Å². The predicted octanol–water partition coefficient (Wildman–Crippen LogP) is 2.61. The fourth-order valence-corrected chi connectivity index (χ4v) is 3.58. The van der Waals surface area contributed by atoms with Gasteiger partial charge < -0.3 is 15.3 Å². The van der Waals surface area contributed by atoms with E-state index in [0.29, 0.717) is 24.9 Å². The topological polar surface area (TPSA) is 69.6 Å². The summed E-state index contributed by atoms with van der Waals surface area (Å²) in [6, 6.07) is 0.494. The molecule has 2 fully saturated rings. The van der Waals surface area contributed by atoms with E-state index in [1.54, 1.807) is 0 Å². The fourth-order valence-electron chi connectivity index (χ4n) is 3.58. The van der Waals surface area contributed by atoms with E-state index < -0.39 is 5.97 Å². The first-order valence-electron chi connectivity index (χ1n) is 7.95. The van der Waals surface area contributed by atoms with Crippen molar-refractivity contribution in [2.45, 2.75) is 63.8 Å². The van der Waals surface area contributed by atoms with Crippen LogP contribution in [0.15, 0.2) is 0 Å². The van der Waals surface area contributed by atoms with E-state index in [1.165, 1.54) is 25.7 Å². The van der Waals surface area contributed by atoms with Crippen molar-refractivity contribution >= 4 is 12.0 Å². The molecule has 20 heavy (non-hydrogen) atoms. The van der Waals surface area contributed by atoms with Crippen molar-refractivity contribution in [2.24, 2.45) is 5.92 Å². The van der Waals surface area contributed by atoms with Gasteiger partial charge in [-0.05, 0) is 44.4 Å². The summed E-state index contributed by atoms with van der Waals surface area (Å²) in [5.74, 6) is -0.0623. The number of unbranched alkanes of at least 4 members (excludes halogenated alkanes) is 1. The zero-order valence-electron chi connectivity index (χ0n) is 12.1. The van der Waals surface area contributed by atoms with Gasteiger partial charge in [0.25, 0.3) is 0 Å². The number of carbonyl (C=O) groups is 2. The zero-order valence-corrected chi connectivity index (χ0v) is 12.1. The molecule has 0 aromatic rings. The van der Waals surface area contributed by atoms with Crippen molar-refractivity contribution in [2.75, 3.05) is 13.1 Å². The highest BCUT2D eigenvalue weighted by Crippen LogP contribution is 2.35. The van der Waals surface area contributed by atoms with Gasteiger partial charge in [0.05, 0.1) is 0 Å². The lowest BCUT2D eigenvalue weighted by Gasteiger charge is -2.44. The molecule has 1 aliphatic carbocycles. The third-order valence-electron chi connectivity index (χ3n) is 4.60. The predicted molar refractivity (Wildman–Crippen MR) is 76.6 cm³/mol. The number of aliphatic carboxylic acids is 1. The SMILES string of the molecule is O=C(O)CCCCNC(=O)N1CCCC2CCCCC21. The highest BCUT2D eigenvalue weighted by atomic mass is 16.4. The van der Waals surface area contributed by atoms with Crippen LogP contribution in [0.2, 0.25) is 0 Å². The van der Waals surface area contributed by atoms with E-state index >= 15 is 0 Å². The molecule has 1 saturated carbocycles. The molecule has 1 saturated heterocycles. The maximum absolute atomic E-state index is 12.2. The van der Waals surface area contributed by atoms with Gasteiger partial charge in [-0.1, -0.05) is 12.8 Å². The van der Waals surface area contributed by atoms with Crippen molar-refractivity contribution in [3.05, 3.63) is 0 Å². The molecule has 114 valence electrons. The van der Waals surface area contributed by atoms with Crippen LogP contribution >= 0.6 is 0 Å². The molecule has 2 amide bonds. The minimum atomic E-state index is -0.766. The molecule has 0 radical (unpaired) electrons. The average molecular weight is 282 g/mol. The van der Waals surface area contributed by atoms with Crippen LogP contribution in [-0.4, -0.2) is 41.1 Å². The van der Waals surface area contributed by atoms with Crippen molar-refractivity contribution in [3.63, 3.8) is 0 Å². The number of amides is 2.